The van der Waals surface area contributed by atoms with Crippen molar-refractivity contribution in [2.24, 2.45) is 7.05 Å². The van der Waals surface area contributed by atoms with Crippen LogP contribution in [-0.2, 0) is 7.05 Å². The third-order valence-electron chi connectivity index (χ3n) is 3.10. The van der Waals surface area contributed by atoms with Gasteiger partial charge >= 0.3 is 5.97 Å². The van der Waals surface area contributed by atoms with Crippen molar-refractivity contribution in [2.45, 2.75) is 6.92 Å². The van der Waals surface area contributed by atoms with E-state index in [1.54, 1.807) is 23.9 Å². The Bertz CT molecular complexity index is 772. The van der Waals surface area contributed by atoms with Crippen LogP contribution in [0.2, 0.25) is 0 Å². The third-order valence-corrected chi connectivity index (χ3v) is 3.10. The van der Waals surface area contributed by atoms with Gasteiger partial charge in [0.15, 0.2) is 11.4 Å². The van der Waals surface area contributed by atoms with Crippen LogP contribution in [0.15, 0.2) is 28.9 Å². The number of carboxylic acids is 1. The summed E-state index contributed by atoms with van der Waals surface area (Å²) in [5.41, 5.74) is 1.83. The molecule has 3 aromatic rings. The molecule has 0 aliphatic carbocycles. The quantitative estimate of drug-likeness (QED) is 0.761. The average molecular weight is 257 g/mol. The predicted octanol–water partition coefficient (Wildman–Crippen LogP) is 2.23. The average Bonchev–Trinajstić information content (AvgIpc) is 2.98. The van der Waals surface area contributed by atoms with Crippen molar-refractivity contribution >= 4 is 17.0 Å². The fourth-order valence-electron chi connectivity index (χ4n) is 2.06. The van der Waals surface area contributed by atoms with Gasteiger partial charge in [0.25, 0.3) is 0 Å². The molecule has 0 radical (unpaired) electrons. The summed E-state index contributed by atoms with van der Waals surface area (Å²) in [4.78, 5) is 15.8. The number of hydrogen-bond donors (Lipinski definition) is 1. The van der Waals surface area contributed by atoms with Crippen molar-refractivity contribution in [1.82, 2.24) is 14.8 Å². The van der Waals surface area contributed by atoms with Crippen LogP contribution in [0.25, 0.3) is 22.5 Å². The van der Waals surface area contributed by atoms with Gasteiger partial charge in [-0.1, -0.05) is 0 Å². The van der Waals surface area contributed by atoms with Crippen LogP contribution < -0.4 is 0 Å². The minimum absolute atomic E-state index is 0.182. The summed E-state index contributed by atoms with van der Waals surface area (Å²) in [6.07, 6.45) is 1.52. The van der Waals surface area contributed by atoms with Crippen molar-refractivity contribution in [2.75, 3.05) is 0 Å². The molecule has 0 amide bonds. The largest absolute Gasteiger partial charge is 0.478 e. The zero-order valence-electron chi connectivity index (χ0n) is 10.4. The Kier molecular flexibility index (Phi) is 2.38. The molecule has 0 saturated heterocycles. The lowest BCUT2D eigenvalue weighted by atomic mass is 10.1. The van der Waals surface area contributed by atoms with Gasteiger partial charge in [-0.2, -0.15) is 5.10 Å². The maximum absolute atomic E-state index is 11.4. The third kappa shape index (κ3) is 1.69. The van der Waals surface area contributed by atoms with E-state index < -0.39 is 5.97 Å². The van der Waals surface area contributed by atoms with Crippen LogP contribution >= 0.6 is 0 Å². The van der Waals surface area contributed by atoms with E-state index in [0.717, 1.165) is 5.69 Å². The summed E-state index contributed by atoms with van der Waals surface area (Å²) in [6.45, 7) is 1.82. The summed E-state index contributed by atoms with van der Waals surface area (Å²) < 4.78 is 6.87. The molecule has 0 atom stereocenters. The van der Waals surface area contributed by atoms with Gasteiger partial charge in [-0.05, 0) is 25.1 Å². The summed E-state index contributed by atoms with van der Waals surface area (Å²) in [7, 11) is 1.76. The van der Waals surface area contributed by atoms with Crippen molar-refractivity contribution < 1.29 is 14.3 Å². The van der Waals surface area contributed by atoms with Crippen LogP contribution in [0.5, 0.6) is 0 Å². The molecule has 0 aromatic carbocycles. The van der Waals surface area contributed by atoms with E-state index in [0.29, 0.717) is 22.5 Å². The maximum Gasteiger partial charge on any atom is 0.336 e. The van der Waals surface area contributed by atoms with Gasteiger partial charge in [0.1, 0.15) is 5.69 Å². The number of carboxylic acid groups (broad SMARTS) is 1. The van der Waals surface area contributed by atoms with E-state index in [1.165, 1.54) is 12.3 Å². The Morgan fingerprint density at radius 1 is 1.47 bits per heavy atom. The lowest BCUT2D eigenvalue weighted by Crippen LogP contribution is -2.00. The highest BCUT2D eigenvalue weighted by atomic mass is 16.4. The van der Waals surface area contributed by atoms with Crippen LogP contribution in [0.1, 0.15) is 16.1 Å². The van der Waals surface area contributed by atoms with Crippen LogP contribution in [0, 0.1) is 6.92 Å². The molecule has 3 rings (SSSR count). The number of rotatable bonds is 2. The molecule has 3 heterocycles. The number of furan rings is 1. The summed E-state index contributed by atoms with van der Waals surface area (Å²) in [5.74, 6) is -0.482. The molecule has 19 heavy (non-hydrogen) atoms. The monoisotopic (exact) mass is 257 g/mol. The molecule has 0 aliphatic heterocycles. The molecule has 6 nitrogen and oxygen atoms in total. The van der Waals surface area contributed by atoms with Crippen molar-refractivity contribution in [3.63, 3.8) is 0 Å². The molecular weight excluding hydrogens is 246 g/mol. The van der Waals surface area contributed by atoms with E-state index in [1.807, 2.05) is 6.92 Å². The molecule has 0 aliphatic rings. The molecule has 0 saturated carbocycles. The highest BCUT2D eigenvalue weighted by Crippen LogP contribution is 2.26. The molecule has 0 spiro atoms. The summed E-state index contributed by atoms with van der Waals surface area (Å²) in [6, 6.07) is 4.97. The summed E-state index contributed by atoms with van der Waals surface area (Å²) in [5, 5.41) is 14.1. The Hall–Kier alpha value is -2.63. The lowest BCUT2D eigenvalue weighted by molar-refractivity contribution is 0.0699. The second-order valence-corrected chi connectivity index (χ2v) is 4.25. The van der Waals surface area contributed by atoms with E-state index in [-0.39, 0.29) is 5.56 Å². The number of nitrogens with zero attached hydrogens (tertiary/aromatic N) is 3. The van der Waals surface area contributed by atoms with Crippen LogP contribution in [0.4, 0.5) is 0 Å². The molecule has 96 valence electrons. The Labute approximate surface area is 108 Å². The van der Waals surface area contributed by atoms with Crippen LogP contribution in [0.3, 0.4) is 0 Å². The SMILES string of the molecule is Cc1c2c(C(=O)O)cc(-c3ccco3)nc2nn1C. The van der Waals surface area contributed by atoms with Crippen LogP contribution in [-0.4, -0.2) is 25.8 Å². The van der Waals surface area contributed by atoms with Crippen molar-refractivity contribution in [3.8, 4) is 11.5 Å². The van der Waals surface area contributed by atoms with E-state index in [2.05, 4.69) is 10.1 Å². The molecule has 0 bridgehead atoms. The highest BCUT2D eigenvalue weighted by molar-refractivity contribution is 6.03. The number of aryl methyl sites for hydroxylation is 2. The number of aromatic carboxylic acids is 1. The van der Waals surface area contributed by atoms with Gasteiger partial charge in [-0.25, -0.2) is 9.78 Å². The molecule has 0 fully saturated rings. The number of pyridine rings is 1. The van der Waals surface area contributed by atoms with Crippen molar-refractivity contribution in [1.29, 1.82) is 0 Å². The number of carbonyl (C=O) groups is 1. The zero-order chi connectivity index (χ0) is 13.6. The van der Waals surface area contributed by atoms with Gasteiger partial charge in [-0.15, -0.1) is 0 Å². The first-order chi connectivity index (χ1) is 9.08. The van der Waals surface area contributed by atoms with Gasteiger partial charge in [-0.3, -0.25) is 4.68 Å². The van der Waals surface area contributed by atoms with Gasteiger partial charge < -0.3 is 9.52 Å². The van der Waals surface area contributed by atoms with E-state index in [9.17, 15) is 9.90 Å². The van der Waals surface area contributed by atoms with E-state index >= 15 is 0 Å². The molecule has 3 aromatic heterocycles. The number of hydrogen-bond acceptors (Lipinski definition) is 4. The highest BCUT2D eigenvalue weighted by Gasteiger charge is 2.19. The minimum Gasteiger partial charge on any atom is -0.478 e. The fraction of sp³-hybridized carbons (Fsp3) is 0.154. The smallest absolute Gasteiger partial charge is 0.336 e. The lowest BCUT2D eigenvalue weighted by Gasteiger charge is -2.01. The Morgan fingerprint density at radius 3 is 2.89 bits per heavy atom. The number of fused-ring (bicyclic) bond motifs is 1. The molecular formula is C13H11N3O3. The van der Waals surface area contributed by atoms with Gasteiger partial charge in [0.2, 0.25) is 0 Å². The molecule has 6 heteroatoms. The van der Waals surface area contributed by atoms with E-state index in [4.69, 9.17) is 4.42 Å². The second-order valence-electron chi connectivity index (χ2n) is 4.25. The van der Waals surface area contributed by atoms with Crippen molar-refractivity contribution in [3.05, 3.63) is 35.7 Å². The molecule has 0 unspecified atom stereocenters. The fourth-order valence-corrected chi connectivity index (χ4v) is 2.06. The predicted molar refractivity (Wildman–Crippen MR) is 67.9 cm³/mol. The van der Waals surface area contributed by atoms with Gasteiger partial charge in [0.05, 0.1) is 17.2 Å². The summed E-state index contributed by atoms with van der Waals surface area (Å²) >= 11 is 0. The normalized spacial score (nSPS) is 11.1. The Balaban J connectivity index is 2.37. The second kappa shape index (κ2) is 3.94. The van der Waals surface area contributed by atoms with Gasteiger partial charge in [0, 0.05) is 12.7 Å². The molecule has 1 N–H and O–H groups in total. The first-order valence-electron chi connectivity index (χ1n) is 5.69. The first-order valence-corrected chi connectivity index (χ1v) is 5.69. The zero-order valence-corrected chi connectivity index (χ0v) is 10.4. The first kappa shape index (κ1) is 11.5. The maximum atomic E-state index is 11.4. The Morgan fingerprint density at radius 2 is 2.26 bits per heavy atom. The standard InChI is InChI=1S/C13H11N3O3/c1-7-11-8(13(17)18)6-9(10-4-3-5-19-10)14-12(11)15-16(7)2/h3-6H,1-2H3,(H,17,18). The number of aromatic nitrogens is 3. The minimum atomic E-state index is -1.00. The topological polar surface area (TPSA) is 81.2 Å².